The third kappa shape index (κ3) is 8.97. The molecule has 0 radical (unpaired) electrons. The average molecular weight is 363 g/mol. The van der Waals surface area contributed by atoms with Gasteiger partial charge >= 0.3 is 5.97 Å². The van der Waals surface area contributed by atoms with Crippen molar-refractivity contribution >= 4 is 17.7 Å². The number of carbonyl (C=O) groups is 3. The van der Waals surface area contributed by atoms with Crippen molar-refractivity contribution < 1.29 is 19.1 Å². The van der Waals surface area contributed by atoms with Gasteiger partial charge in [-0.25, -0.2) is 0 Å². The second-order valence-electron chi connectivity index (χ2n) is 6.73. The van der Waals surface area contributed by atoms with Gasteiger partial charge in [0.05, 0.1) is 13.2 Å². The van der Waals surface area contributed by atoms with E-state index in [0.717, 1.165) is 44.9 Å². The molecule has 1 fully saturated rings. The number of amides is 1. The highest BCUT2D eigenvalue weighted by Gasteiger charge is 2.25. The summed E-state index contributed by atoms with van der Waals surface area (Å²) in [6.07, 6.45) is 15.5. The SMILES string of the molecule is CCCCCC(=O)/C=C/C1CCCC(=O)N1C/C=C\CCCC(=O)OC. The number of unbranched alkanes of at least 4 members (excludes halogenated alkanes) is 3. The van der Waals surface area contributed by atoms with Crippen molar-refractivity contribution in [2.45, 2.75) is 77.2 Å². The number of ether oxygens (including phenoxy) is 1. The molecule has 0 aromatic rings. The molecule has 1 amide bonds. The number of methoxy groups -OCH3 is 1. The predicted octanol–water partition coefficient (Wildman–Crippen LogP) is 3.97. The maximum Gasteiger partial charge on any atom is 0.305 e. The second kappa shape index (κ2) is 13.3. The van der Waals surface area contributed by atoms with Crippen molar-refractivity contribution in [3.63, 3.8) is 0 Å². The van der Waals surface area contributed by atoms with Crippen LogP contribution in [0, 0.1) is 0 Å². The van der Waals surface area contributed by atoms with E-state index >= 15 is 0 Å². The topological polar surface area (TPSA) is 63.7 Å². The average Bonchev–Trinajstić information content (AvgIpc) is 2.64. The zero-order valence-corrected chi connectivity index (χ0v) is 16.2. The van der Waals surface area contributed by atoms with Gasteiger partial charge in [-0.1, -0.05) is 38.0 Å². The molecule has 26 heavy (non-hydrogen) atoms. The van der Waals surface area contributed by atoms with Gasteiger partial charge in [0, 0.05) is 25.8 Å². The maximum atomic E-state index is 12.2. The minimum Gasteiger partial charge on any atom is -0.469 e. The Morgan fingerprint density at radius 3 is 2.73 bits per heavy atom. The fourth-order valence-electron chi connectivity index (χ4n) is 3.01. The van der Waals surface area contributed by atoms with Crippen LogP contribution in [0.4, 0.5) is 0 Å². The van der Waals surface area contributed by atoms with Gasteiger partial charge < -0.3 is 9.64 Å². The number of rotatable bonds is 12. The van der Waals surface area contributed by atoms with Crippen LogP contribution in [0.25, 0.3) is 0 Å². The molecule has 0 aliphatic carbocycles. The number of hydrogen-bond acceptors (Lipinski definition) is 4. The van der Waals surface area contributed by atoms with E-state index < -0.39 is 0 Å². The number of nitrogens with zero attached hydrogens (tertiary/aromatic N) is 1. The molecule has 1 saturated heterocycles. The Hall–Kier alpha value is -1.91. The van der Waals surface area contributed by atoms with Gasteiger partial charge in [-0.15, -0.1) is 0 Å². The van der Waals surface area contributed by atoms with Crippen LogP contribution < -0.4 is 0 Å². The largest absolute Gasteiger partial charge is 0.469 e. The van der Waals surface area contributed by atoms with E-state index in [4.69, 9.17) is 0 Å². The molecule has 5 nitrogen and oxygen atoms in total. The minimum atomic E-state index is -0.196. The van der Waals surface area contributed by atoms with E-state index in [2.05, 4.69) is 11.7 Å². The molecule has 5 heteroatoms. The van der Waals surface area contributed by atoms with Crippen LogP contribution in [0.5, 0.6) is 0 Å². The van der Waals surface area contributed by atoms with E-state index in [0.29, 0.717) is 25.8 Å². The van der Waals surface area contributed by atoms with Crippen molar-refractivity contribution in [3.8, 4) is 0 Å². The number of ketones is 1. The molecule has 0 aromatic heterocycles. The molecule has 0 spiro atoms. The number of carbonyl (C=O) groups excluding carboxylic acids is 3. The lowest BCUT2D eigenvalue weighted by Gasteiger charge is -2.33. The normalized spacial score (nSPS) is 18.0. The van der Waals surface area contributed by atoms with E-state index in [1.807, 2.05) is 23.1 Å². The van der Waals surface area contributed by atoms with Crippen LogP contribution in [-0.4, -0.2) is 42.3 Å². The van der Waals surface area contributed by atoms with E-state index in [9.17, 15) is 14.4 Å². The molecule has 0 saturated carbocycles. The van der Waals surface area contributed by atoms with Crippen LogP contribution in [0.3, 0.4) is 0 Å². The Kier molecular flexibility index (Phi) is 11.3. The third-order valence-electron chi connectivity index (χ3n) is 4.59. The lowest BCUT2D eigenvalue weighted by Crippen LogP contribution is -2.42. The van der Waals surface area contributed by atoms with Crippen LogP contribution >= 0.6 is 0 Å². The van der Waals surface area contributed by atoms with Gasteiger partial charge in [0.1, 0.15) is 0 Å². The summed E-state index contributed by atoms with van der Waals surface area (Å²) in [6, 6.07) is 0.00564. The van der Waals surface area contributed by atoms with Gasteiger partial charge in [-0.05, 0) is 38.2 Å². The minimum absolute atomic E-state index is 0.00564. The summed E-state index contributed by atoms with van der Waals surface area (Å²) in [5.74, 6) is 0.0942. The Morgan fingerprint density at radius 2 is 2.00 bits per heavy atom. The summed E-state index contributed by atoms with van der Waals surface area (Å²) < 4.78 is 4.61. The monoisotopic (exact) mass is 363 g/mol. The standard InChI is InChI=1S/C21H33NO4/c1-3-4-7-12-19(23)16-15-18-11-10-13-20(24)22(18)17-9-6-5-8-14-21(25)26-2/h6,9,15-16,18H,3-5,7-8,10-14,17H2,1-2H3/b9-6-,16-15+. The quantitative estimate of drug-likeness (QED) is 0.228. The molecule has 1 heterocycles. The molecule has 1 aliphatic rings. The first kappa shape index (κ1) is 22.1. The molecule has 1 aliphatic heterocycles. The lowest BCUT2D eigenvalue weighted by molar-refractivity contribution is -0.140. The first-order valence-electron chi connectivity index (χ1n) is 9.80. The van der Waals surface area contributed by atoms with E-state index in [-0.39, 0.29) is 23.7 Å². The van der Waals surface area contributed by atoms with Gasteiger partial charge in [-0.3, -0.25) is 14.4 Å². The van der Waals surface area contributed by atoms with Crippen molar-refractivity contribution in [2.75, 3.05) is 13.7 Å². The summed E-state index contributed by atoms with van der Waals surface area (Å²) in [5.41, 5.74) is 0. The summed E-state index contributed by atoms with van der Waals surface area (Å²) in [6.45, 7) is 2.67. The summed E-state index contributed by atoms with van der Waals surface area (Å²) in [5, 5.41) is 0. The number of likely N-dealkylation sites (tertiary alicyclic amines) is 1. The van der Waals surface area contributed by atoms with Gasteiger partial charge in [0.15, 0.2) is 5.78 Å². The molecule has 0 bridgehead atoms. The molecule has 0 aromatic carbocycles. The van der Waals surface area contributed by atoms with Crippen LogP contribution in [-0.2, 0) is 19.1 Å². The number of esters is 1. The second-order valence-corrected chi connectivity index (χ2v) is 6.73. The zero-order chi connectivity index (χ0) is 19.2. The Labute approximate surface area is 157 Å². The molecule has 0 N–H and O–H groups in total. The highest BCUT2D eigenvalue weighted by Crippen LogP contribution is 2.19. The summed E-state index contributed by atoms with van der Waals surface area (Å²) in [7, 11) is 1.39. The maximum absolute atomic E-state index is 12.2. The molecule has 1 unspecified atom stereocenters. The summed E-state index contributed by atoms with van der Waals surface area (Å²) in [4.78, 5) is 37.0. The number of hydrogen-bond donors (Lipinski definition) is 0. The zero-order valence-electron chi connectivity index (χ0n) is 16.2. The predicted molar refractivity (Wildman–Crippen MR) is 103 cm³/mol. The van der Waals surface area contributed by atoms with Crippen LogP contribution in [0.1, 0.15) is 71.1 Å². The smallest absolute Gasteiger partial charge is 0.305 e. The van der Waals surface area contributed by atoms with Gasteiger partial charge in [-0.2, -0.15) is 0 Å². The number of allylic oxidation sites excluding steroid dienone is 2. The van der Waals surface area contributed by atoms with Gasteiger partial charge in [0.2, 0.25) is 5.91 Å². The fraction of sp³-hybridized carbons (Fsp3) is 0.667. The Morgan fingerprint density at radius 1 is 1.19 bits per heavy atom. The highest BCUT2D eigenvalue weighted by molar-refractivity contribution is 5.89. The van der Waals surface area contributed by atoms with Crippen molar-refractivity contribution in [1.82, 2.24) is 4.90 Å². The fourth-order valence-corrected chi connectivity index (χ4v) is 3.01. The number of piperidine rings is 1. The first-order valence-corrected chi connectivity index (χ1v) is 9.80. The molecule has 1 atom stereocenters. The Balaban J connectivity index is 2.44. The van der Waals surface area contributed by atoms with Crippen LogP contribution in [0.15, 0.2) is 24.3 Å². The van der Waals surface area contributed by atoms with Gasteiger partial charge in [0.25, 0.3) is 0 Å². The van der Waals surface area contributed by atoms with E-state index in [1.165, 1.54) is 7.11 Å². The molecular weight excluding hydrogens is 330 g/mol. The first-order chi connectivity index (χ1) is 12.6. The van der Waals surface area contributed by atoms with Crippen molar-refractivity contribution in [1.29, 1.82) is 0 Å². The third-order valence-corrected chi connectivity index (χ3v) is 4.59. The lowest BCUT2D eigenvalue weighted by atomic mass is 10.00. The summed E-state index contributed by atoms with van der Waals surface area (Å²) >= 11 is 0. The van der Waals surface area contributed by atoms with Crippen LogP contribution in [0.2, 0.25) is 0 Å². The van der Waals surface area contributed by atoms with Crippen molar-refractivity contribution in [2.24, 2.45) is 0 Å². The molecule has 146 valence electrons. The molecule has 1 rings (SSSR count). The highest BCUT2D eigenvalue weighted by atomic mass is 16.5. The van der Waals surface area contributed by atoms with E-state index in [1.54, 1.807) is 6.08 Å². The van der Waals surface area contributed by atoms with Crippen molar-refractivity contribution in [3.05, 3.63) is 24.3 Å². The molecular formula is C21H33NO4. The Bertz CT molecular complexity index is 510.